The number of fused-ring (bicyclic) bond motifs is 1. The summed E-state index contributed by atoms with van der Waals surface area (Å²) in [5.74, 6) is -1.91. The lowest BCUT2D eigenvalue weighted by atomic mass is 9.96. The van der Waals surface area contributed by atoms with E-state index < -0.39 is 32.8 Å². The van der Waals surface area contributed by atoms with Crippen molar-refractivity contribution in [2.75, 3.05) is 0 Å². The topological polar surface area (TPSA) is 138 Å². The summed E-state index contributed by atoms with van der Waals surface area (Å²) in [6.45, 7) is 5.17. The van der Waals surface area contributed by atoms with Crippen LogP contribution in [0.2, 0.25) is 0 Å². The second kappa shape index (κ2) is 9.62. The van der Waals surface area contributed by atoms with Crippen LogP contribution in [0.25, 0.3) is 22.4 Å². The number of aromatic nitrogens is 2. The first-order chi connectivity index (χ1) is 17.4. The zero-order valence-corrected chi connectivity index (χ0v) is 21.2. The number of aliphatic hydroxyl groups excluding tert-OH is 1. The molecule has 3 aromatic carbocycles. The number of nitrogens with zero attached hydrogens (tertiary/aromatic N) is 2. The van der Waals surface area contributed by atoms with Crippen LogP contribution in [0.1, 0.15) is 42.5 Å². The van der Waals surface area contributed by atoms with Crippen LogP contribution < -0.4 is 5.73 Å². The first-order valence-electron chi connectivity index (χ1n) is 11.3. The molecule has 4 aromatic rings. The molecule has 0 spiro atoms. The van der Waals surface area contributed by atoms with Crippen LogP contribution in [0.15, 0.2) is 82.1 Å². The van der Waals surface area contributed by atoms with Gasteiger partial charge in [-0.05, 0) is 36.4 Å². The summed E-state index contributed by atoms with van der Waals surface area (Å²) in [5, 5.41) is 11.1. The number of aromatic amines is 1. The van der Waals surface area contributed by atoms with Crippen LogP contribution in [0.3, 0.4) is 0 Å². The van der Waals surface area contributed by atoms with Crippen molar-refractivity contribution in [2.45, 2.75) is 25.7 Å². The van der Waals surface area contributed by atoms with Crippen molar-refractivity contribution in [3.8, 4) is 0 Å². The average Bonchev–Trinajstić information content (AvgIpc) is 3.27. The summed E-state index contributed by atoms with van der Waals surface area (Å²) in [5.41, 5.74) is 6.08. The Kier molecular flexibility index (Phi) is 6.70. The van der Waals surface area contributed by atoms with Crippen molar-refractivity contribution in [3.05, 3.63) is 95.6 Å². The average molecular weight is 521 g/mol. The predicted molar refractivity (Wildman–Crippen MR) is 141 cm³/mol. The molecule has 1 aromatic heterocycles. The first kappa shape index (κ1) is 25.8. The smallest absolute Gasteiger partial charge is 0.283 e. The number of para-hydroxylation sites is 2. The highest BCUT2D eigenvalue weighted by Gasteiger charge is 2.26. The van der Waals surface area contributed by atoms with Crippen LogP contribution in [0.4, 0.5) is 4.39 Å². The molecule has 10 heteroatoms. The highest BCUT2D eigenvalue weighted by Crippen LogP contribution is 2.29. The highest BCUT2D eigenvalue weighted by molar-refractivity contribution is 7.90. The maximum atomic E-state index is 13.9. The van der Waals surface area contributed by atoms with Gasteiger partial charge in [0.15, 0.2) is 0 Å². The second-order valence-corrected chi connectivity index (χ2v) is 11.0. The minimum atomic E-state index is -4.23. The molecule has 37 heavy (non-hydrogen) atoms. The van der Waals surface area contributed by atoms with Gasteiger partial charge >= 0.3 is 0 Å². The molecule has 0 bridgehead atoms. The number of ketones is 1. The van der Waals surface area contributed by atoms with Crippen LogP contribution in [-0.4, -0.2) is 35.1 Å². The minimum Gasteiger partial charge on any atom is -0.506 e. The Balaban J connectivity index is 1.87. The number of carbonyl (C=O) groups is 1. The molecular weight excluding hydrogens is 495 g/mol. The van der Waals surface area contributed by atoms with E-state index in [2.05, 4.69) is 14.4 Å². The number of imidazole rings is 1. The van der Waals surface area contributed by atoms with Gasteiger partial charge in [0.1, 0.15) is 28.8 Å². The van der Waals surface area contributed by atoms with Gasteiger partial charge in [0, 0.05) is 16.5 Å². The molecule has 0 aliphatic carbocycles. The second-order valence-electron chi connectivity index (χ2n) is 9.40. The normalized spacial score (nSPS) is 13.5. The van der Waals surface area contributed by atoms with E-state index in [1.165, 1.54) is 36.4 Å². The third-order valence-corrected chi connectivity index (χ3v) is 6.86. The van der Waals surface area contributed by atoms with Crippen LogP contribution >= 0.6 is 0 Å². The SMILES string of the molecule is CC(C)(C)/C(N)=N/S(=O)(=O)c1cccc(C(=O)/C(=C(/O)c2cccc(F)c2)c2nc3ccccc3[nH]2)c1. The number of hydrogen-bond acceptors (Lipinski definition) is 5. The molecular formula is C27H25FN4O4S. The Hall–Kier alpha value is -4.31. The lowest BCUT2D eigenvalue weighted by molar-refractivity contribution is 0.105. The lowest BCUT2D eigenvalue weighted by Crippen LogP contribution is -2.30. The molecule has 190 valence electrons. The van der Waals surface area contributed by atoms with Crippen LogP contribution in [0, 0.1) is 11.2 Å². The lowest BCUT2D eigenvalue weighted by Gasteiger charge is -2.17. The Labute approximate surface area is 213 Å². The molecule has 0 atom stereocenters. The number of nitrogens with one attached hydrogen (secondary N) is 1. The van der Waals surface area contributed by atoms with E-state index in [-0.39, 0.29) is 33.3 Å². The Bertz CT molecular complexity index is 1650. The van der Waals surface area contributed by atoms with E-state index in [9.17, 15) is 22.7 Å². The van der Waals surface area contributed by atoms with Crippen molar-refractivity contribution in [1.29, 1.82) is 0 Å². The number of benzene rings is 3. The number of hydrogen-bond donors (Lipinski definition) is 3. The van der Waals surface area contributed by atoms with Crippen molar-refractivity contribution in [1.82, 2.24) is 9.97 Å². The van der Waals surface area contributed by atoms with Crippen molar-refractivity contribution in [2.24, 2.45) is 15.5 Å². The number of halogens is 1. The van der Waals surface area contributed by atoms with Gasteiger partial charge in [0.25, 0.3) is 10.0 Å². The van der Waals surface area contributed by atoms with E-state index >= 15 is 0 Å². The number of amidine groups is 1. The summed E-state index contributed by atoms with van der Waals surface area (Å²) in [6, 6.07) is 17.4. The highest BCUT2D eigenvalue weighted by atomic mass is 32.2. The fourth-order valence-electron chi connectivity index (χ4n) is 3.44. The van der Waals surface area contributed by atoms with Crippen molar-refractivity contribution >= 4 is 44.0 Å². The van der Waals surface area contributed by atoms with Crippen molar-refractivity contribution in [3.63, 3.8) is 0 Å². The number of allylic oxidation sites excluding steroid dienone is 1. The summed E-state index contributed by atoms with van der Waals surface area (Å²) >= 11 is 0. The third-order valence-electron chi connectivity index (χ3n) is 5.57. The quantitative estimate of drug-likeness (QED) is 0.106. The third kappa shape index (κ3) is 5.44. The van der Waals surface area contributed by atoms with Gasteiger partial charge in [-0.25, -0.2) is 9.37 Å². The standard InChI is InChI=1S/C27H25FN4O4S/c1-27(2,3)26(29)32-37(35,36)19-11-7-9-17(15-19)24(34)22(23(33)16-8-6-10-18(28)14-16)25-30-20-12-4-5-13-21(20)31-25/h4-15,33H,1-3H3,(H2,29,32)(H,30,31)/b23-22-. The Morgan fingerprint density at radius 2 is 1.68 bits per heavy atom. The molecule has 0 aliphatic rings. The van der Waals surface area contributed by atoms with Gasteiger partial charge in [-0.2, -0.15) is 8.42 Å². The van der Waals surface area contributed by atoms with E-state index in [0.29, 0.717) is 11.0 Å². The predicted octanol–water partition coefficient (Wildman–Crippen LogP) is 5.10. The minimum absolute atomic E-state index is 0.0382. The van der Waals surface area contributed by atoms with Crippen molar-refractivity contribution < 1.29 is 22.7 Å². The first-order valence-corrected chi connectivity index (χ1v) is 12.7. The zero-order chi connectivity index (χ0) is 27.0. The molecule has 0 aliphatic heterocycles. The van der Waals surface area contributed by atoms with E-state index in [1.54, 1.807) is 45.0 Å². The van der Waals surface area contributed by atoms with E-state index in [4.69, 9.17) is 5.73 Å². The van der Waals surface area contributed by atoms with Crippen LogP contribution in [-0.2, 0) is 10.0 Å². The number of carbonyl (C=O) groups excluding carboxylic acids is 1. The van der Waals surface area contributed by atoms with E-state index in [1.807, 2.05) is 0 Å². The zero-order valence-electron chi connectivity index (χ0n) is 20.4. The monoisotopic (exact) mass is 520 g/mol. The fourth-order valence-corrected chi connectivity index (χ4v) is 4.60. The number of H-pyrrole nitrogens is 1. The van der Waals surface area contributed by atoms with E-state index in [0.717, 1.165) is 12.1 Å². The number of aliphatic hydroxyl groups is 1. The molecule has 4 rings (SSSR count). The maximum Gasteiger partial charge on any atom is 0.283 e. The van der Waals surface area contributed by atoms with Gasteiger partial charge in [-0.3, -0.25) is 4.79 Å². The molecule has 0 saturated heterocycles. The summed E-state index contributed by atoms with van der Waals surface area (Å²) in [6.07, 6.45) is 0. The van der Waals surface area contributed by atoms with Crippen LogP contribution in [0.5, 0.6) is 0 Å². The maximum absolute atomic E-state index is 13.9. The molecule has 1 heterocycles. The number of Topliss-reactive ketones (excluding diaryl/α,β-unsaturated/α-hetero) is 1. The molecule has 8 nitrogen and oxygen atoms in total. The molecule has 4 N–H and O–H groups in total. The summed E-state index contributed by atoms with van der Waals surface area (Å²) < 4.78 is 43.5. The number of nitrogens with two attached hydrogens (primary N) is 1. The largest absolute Gasteiger partial charge is 0.506 e. The van der Waals surface area contributed by atoms with Gasteiger partial charge in [0.2, 0.25) is 5.78 Å². The molecule has 0 amide bonds. The number of rotatable bonds is 6. The molecule has 0 fully saturated rings. The van der Waals surface area contributed by atoms with Gasteiger partial charge in [0.05, 0.1) is 15.9 Å². The van der Waals surface area contributed by atoms with Gasteiger partial charge in [-0.15, -0.1) is 4.40 Å². The molecule has 0 radical (unpaired) electrons. The molecule has 0 unspecified atom stereocenters. The fraction of sp³-hybridized carbons (Fsp3) is 0.148. The van der Waals surface area contributed by atoms with Gasteiger partial charge < -0.3 is 15.8 Å². The summed E-state index contributed by atoms with van der Waals surface area (Å²) in [7, 11) is -4.23. The Morgan fingerprint density at radius 3 is 2.35 bits per heavy atom. The number of sulfonamides is 1. The molecule has 0 saturated carbocycles. The Morgan fingerprint density at radius 1 is 1.00 bits per heavy atom. The summed E-state index contributed by atoms with van der Waals surface area (Å²) in [4.78, 5) is 20.9. The van der Waals surface area contributed by atoms with Gasteiger partial charge in [-0.1, -0.05) is 57.2 Å².